The zero-order valence-electron chi connectivity index (χ0n) is 16.8. The summed E-state index contributed by atoms with van der Waals surface area (Å²) in [7, 11) is 2.02. The van der Waals surface area contributed by atoms with Gasteiger partial charge in [-0.1, -0.05) is 12.1 Å². The molecule has 0 radical (unpaired) electrons. The SMILES string of the molecule is CN1CCN(C(=O)c2cccc(-c3cc4nc(C(C#N)C(N)=O)sc4cc3F)c2)CC1. The van der Waals surface area contributed by atoms with Gasteiger partial charge in [0.15, 0.2) is 5.92 Å². The highest BCUT2D eigenvalue weighted by molar-refractivity contribution is 7.18. The van der Waals surface area contributed by atoms with E-state index < -0.39 is 17.6 Å². The van der Waals surface area contributed by atoms with Gasteiger partial charge in [-0.05, 0) is 36.9 Å². The van der Waals surface area contributed by atoms with Gasteiger partial charge in [0, 0.05) is 37.3 Å². The third-order valence-electron chi connectivity index (χ3n) is 5.37. The molecule has 2 amide bonds. The van der Waals surface area contributed by atoms with Crippen molar-refractivity contribution < 1.29 is 14.0 Å². The number of thiazole rings is 1. The van der Waals surface area contributed by atoms with Gasteiger partial charge in [0.1, 0.15) is 10.8 Å². The van der Waals surface area contributed by atoms with Crippen LogP contribution < -0.4 is 5.73 Å². The van der Waals surface area contributed by atoms with Crippen molar-refractivity contribution in [2.24, 2.45) is 5.73 Å². The number of likely N-dealkylation sites (N-methyl/N-ethyl adjacent to an activating group) is 1. The molecule has 2 aromatic carbocycles. The Labute approximate surface area is 182 Å². The normalized spacial score (nSPS) is 15.6. The molecule has 1 fully saturated rings. The van der Waals surface area contributed by atoms with E-state index in [4.69, 9.17) is 11.0 Å². The number of carbonyl (C=O) groups excluding carboxylic acids is 2. The minimum Gasteiger partial charge on any atom is -0.368 e. The second-order valence-electron chi connectivity index (χ2n) is 7.49. The third-order valence-corrected chi connectivity index (χ3v) is 6.45. The van der Waals surface area contributed by atoms with Crippen LogP contribution in [0.25, 0.3) is 21.3 Å². The average molecular weight is 438 g/mol. The zero-order valence-corrected chi connectivity index (χ0v) is 17.7. The minimum atomic E-state index is -1.17. The fourth-order valence-corrected chi connectivity index (χ4v) is 4.59. The van der Waals surface area contributed by atoms with Crippen molar-refractivity contribution in [3.63, 3.8) is 0 Å². The highest BCUT2D eigenvalue weighted by Crippen LogP contribution is 2.33. The molecule has 4 rings (SSSR count). The van der Waals surface area contributed by atoms with Crippen LogP contribution in [0.4, 0.5) is 4.39 Å². The van der Waals surface area contributed by atoms with Gasteiger partial charge >= 0.3 is 0 Å². The number of nitrogens with two attached hydrogens (primary N) is 1. The standard InChI is InChI=1S/C22H20FN5O2S/c1-27-5-7-28(8-6-27)22(30)14-4-2-3-13(9-14)15-10-18-19(11-17(15)23)31-21(26-18)16(12-24)20(25)29/h2-4,9-11,16H,5-8H2,1H3,(H2,25,29). The van der Waals surface area contributed by atoms with Gasteiger partial charge in [-0.25, -0.2) is 9.37 Å². The van der Waals surface area contributed by atoms with Crippen LogP contribution in [-0.2, 0) is 4.79 Å². The Balaban J connectivity index is 1.68. The molecule has 1 aliphatic heterocycles. The molecule has 1 saturated heterocycles. The second-order valence-corrected chi connectivity index (χ2v) is 8.55. The first-order valence-corrected chi connectivity index (χ1v) is 10.6. The molecular formula is C22H20FN5O2S. The summed E-state index contributed by atoms with van der Waals surface area (Å²) in [5.41, 5.74) is 7.08. The van der Waals surface area contributed by atoms with Gasteiger partial charge in [-0.15, -0.1) is 11.3 Å². The van der Waals surface area contributed by atoms with E-state index in [2.05, 4.69) is 9.88 Å². The number of amides is 2. The largest absolute Gasteiger partial charge is 0.368 e. The number of carbonyl (C=O) groups is 2. The van der Waals surface area contributed by atoms with E-state index in [1.54, 1.807) is 35.2 Å². The van der Waals surface area contributed by atoms with E-state index >= 15 is 0 Å². The molecule has 2 heterocycles. The molecule has 0 aliphatic carbocycles. The Morgan fingerprint density at radius 2 is 1.97 bits per heavy atom. The number of hydrogen-bond acceptors (Lipinski definition) is 6. The summed E-state index contributed by atoms with van der Waals surface area (Å²) in [4.78, 5) is 32.6. The Bertz CT molecular complexity index is 1210. The second kappa shape index (κ2) is 8.41. The molecule has 7 nitrogen and oxygen atoms in total. The lowest BCUT2D eigenvalue weighted by Gasteiger charge is -2.32. The summed E-state index contributed by atoms with van der Waals surface area (Å²) >= 11 is 1.06. The molecule has 2 N–H and O–H groups in total. The number of piperazine rings is 1. The van der Waals surface area contributed by atoms with Crippen molar-refractivity contribution in [2.75, 3.05) is 33.2 Å². The number of nitriles is 1. The number of nitrogens with zero attached hydrogens (tertiary/aromatic N) is 4. The Hall–Kier alpha value is -3.35. The number of benzene rings is 2. The maximum Gasteiger partial charge on any atom is 0.253 e. The summed E-state index contributed by atoms with van der Waals surface area (Å²) in [6.07, 6.45) is 0. The fraction of sp³-hybridized carbons (Fsp3) is 0.273. The van der Waals surface area contributed by atoms with Crippen molar-refractivity contribution in [3.8, 4) is 17.2 Å². The topological polar surface area (TPSA) is 103 Å². The number of halogens is 1. The molecular weight excluding hydrogens is 417 g/mol. The molecule has 0 saturated carbocycles. The first-order valence-electron chi connectivity index (χ1n) is 9.74. The van der Waals surface area contributed by atoms with Crippen LogP contribution in [0.5, 0.6) is 0 Å². The van der Waals surface area contributed by atoms with Crippen LogP contribution in [0.1, 0.15) is 21.3 Å². The molecule has 1 aromatic heterocycles. The summed E-state index contributed by atoms with van der Waals surface area (Å²) in [6.45, 7) is 2.94. The lowest BCUT2D eigenvalue weighted by Crippen LogP contribution is -2.47. The van der Waals surface area contributed by atoms with E-state index in [-0.39, 0.29) is 10.9 Å². The first-order chi connectivity index (χ1) is 14.9. The van der Waals surface area contributed by atoms with Gasteiger partial charge < -0.3 is 15.5 Å². The number of primary amides is 1. The summed E-state index contributed by atoms with van der Waals surface area (Å²) < 4.78 is 15.4. The molecule has 9 heteroatoms. The maximum absolute atomic E-state index is 14.9. The first kappa shape index (κ1) is 20.9. The van der Waals surface area contributed by atoms with E-state index in [0.29, 0.717) is 40.0 Å². The number of rotatable bonds is 4. The van der Waals surface area contributed by atoms with Crippen LogP contribution in [0.3, 0.4) is 0 Å². The molecule has 1 unspecified atom stereocenters. The van der Waals surface area contributed by atoms with E-state index in [9.17, 15) is 14.0 Å². The van der Waals surface area contributed by atoms with E-state index in [1.807, 2.05) is 13.1 Å². The quantitative estimate of drug-likeness (QED) is 0.676. The van der Waals surface area contributed by atoms with Crippen molar-refractivity contribution in [1.29, 1.82) is 5.26 Å². The van der Waals surface area contributed by atoms with Gasteiger partial charge in [0.25, 0.3) is 5.91 Å². The lowest BCUT2D eigenvalue weighted by molar-refractivity contribution is -0.118. The molecule has 31 heavy (non-hydrogen) atoms. The summed E-state index contributed by atoms with van der Waals surface area (Å²) in [5, 5.41) is 9.41. The van der Waals surface area contributed by atoms with E-state index in [0.717, 1.165) is 24.4 Å². The molecule has 158 valence electrons. The van der Waals surface area contributed by atoms with Crippen molar-refractivity contribution in [3.05, 3.63) is 52.8 Å². The molecule has 3 aromatic rings. The molecule has 0 spiro atoms. The highest BCUT2D eigenvalue weighted by Gasteiger charge is 2.23. The predicted molar refractivity (Wildman–Crippen MR) is 116 cm³/mol. The van der Waals surface area contributed by atoms with Crippen LogP contribution in [0, 0.1) is 17.1 Å². The minimum absolute atomic E-state index is 0.0781. The lowest BCUT2D eigenvalue weighted by atomic mass is 10.0. The smallest absolute Gasteiger partial charge is 0.253 e. The monoisotopic (exact) mass is 437 g/mol. The van der Waals surface area contributed by atoms with Gasteiger partial charge in [0.05, 0.1) is 16.3 Å². The molecule has 0 bridgehead atoms. The Morgan fingerprint density at radius 3 is 2.65 bits per heavy atom. The number of hydrogen-bond donors (Lipinski definition) is 1. The highest BCUT2D eigenvalue weighted by atomic mass is 32.1. The van der Waals surface area contributed by atoms with Gasteiger partial charge in [-0.3, -0.25) is 9.59 Å². The number of aromatic nitrogens is 1. The van der Waals surface area contributed by atoms with Crippen LogP contribution in [-0.4, -0.2) is 59.8 Å². The summed E-state index contributed by atoms with van der Waals surface area (Å²) in [5.74, 6) is -2.52. The third kappa shape index (κ3) is 4.13. The van der Waals surface area contributed by atoms with Crippen LogP contribution in [0.2, 0.25) is 0 Å². The zero-order chi connectivity index (χ0) is 22.1. The Morgan fingerprint density at radius 1 is 1.23 bits per heavy atom. The van der Waals surface area contributed by atoms with Crippen LogP contribution >= 0.6 is 11.3 Å². The van der Waals surface area contributed by atoms with Gasteiger partial charge in [0.2, 0.25) is 5.91 Å². The van der Waals surface area contributed by atoms with Crippen molar-refractivity contribution >= 4 is 33.4 Å². The Kier molecular flexibility index (Phi) is 5.67. The van der Waals surface area contributed by atoms with Crippen LogP contribution in [0.15, 0.2) is 36.4 Å². The van der Waals surface area contributed by atoms with Crippen molar-refractivity contribution in [2.45, 2.75) is 5.92 Å². The van der Waals surface area contributed by atoms with Crippen molar-refractivity contribution in [1.82, 2.24) is 14.8 Å². The molecule has 1 aliphatic rings. The average Bonchev–Trinajstić information content (AvgIpc) is 3.15. The van der Waals surface area contributed by atoms with E-state index in [1.165, 1.54) is 6.07 Å². The number of fused-ring (bicyclic) bond motifs is 1. The molecule has 1 atom stereocenters. The fourth-order valence-electron chi connectivity index (χ4n) is 3.56. The van der Waals surface area contributed by atoms with Gasteiger partial charge in [-0.2, -0.15) is 5.26 Å². The maximum atomic E-state index is 14.9. The summed E-state index contributed by atoms with van der Waals surface area (Å²) in [6, 6.07) is 11.6. The predicted octanol–water partition coefficient (Wildman–Crippen LogP) is 2.58.